The van der Waals surface area contributed by atoms with Crippen molar-refractivity contribution < 1.29 is 19.6 Å². The Morgan fingerprint density at radius 1 is 1.22 bits per heavy atom. The number of aliphatic hydroxyl groups is 1. The van der Waals surface area contributed by atoms with Gasteiger partial charge in [0.05, 0.1) is 17.5 Å². The van der Waals surface area contributed by atoms with Gasteiger partial charge in [-0.2, -0.15) is 4.98 Å². The maximum Gasteiger partial charge on any atom is 0.347 e. The van der Waals surface area contributed by atoms with Crippen molar-refractivity contribution in [1.29, 1.82) is 0 Å². The number of aromatic nitrogens is 3. The van der Waals surface area contributed by atoms with Crippen LogP contribution in [0, 0.1) is 6.92 Å². The van der Waals surface area contributed by atoms with Crippen LogP contribution in [-0.2, 0) is 11.2 Å². The van der Waals surface area contributed by atoms with Crippen LogP contribution in [0.4, 0.5) is 16.9 Å². The van der Waals surface area contributed by atoms with Crippen LogP contribution in [0.25, 0.3) is 11.3 Å². The number of hydrogen-bond donors (Lipinski definition) is 3. The van der Waals surface area contributed by atoms with Crippen molar-refractivity contribution in [2.75, 3.05) is 29.6 Å². The molecular formula is C21H23N5O4S2. The molecule has 9 nitrogen and oxygen atoms in total. The molecule has 3 heterocycles. The molecule has 0 saturated carbocycles. The van der Waals surface area contributed by atoms with Crippen LogP contribution in [0.15, 0.2) is 35.2 Å². The summed E-state index contributed by atoms with van der Waals surface area (Å²) >= 11 is -0.0432. The number of aryl methyl sites for hydroxylation is 1. The molecule has 32 heavy (non-hydrogen) atoms. The zero-order chi connectivity index (χ0) is 22.8. The van der Waals surface area contributed by atoms with Gasteiger partial charge in [0.25, 0.3) is 0 Å². The Labute approximate surface area is 192 Å². The Balaban J connectivity index is 1.70. The van der Waals surface area contributed by atoms with Gasteiger partial charge in [-0.05, 0) is 55.2 Å². The summed E-state index contributed by atoms with van der Waals surface area (Å²) in [6.07, 6.45) is 2.64. The standard InChI is InChI=1S/C21H23N5O4S2/c1-12-18(19(28)29)31-21(22-12)25-20-23-16(13-3-5-15(6-4-13)32(2)30)11-17(24-20)26-9-7-14(27)8-10-26/h3-6,11,14,27H,7-10H2,1-2H3,(H,28,29)(H,22,23,24,25). The molecular weight excluding hydrogens is 450 g/mol. The number of aliphatic hydroxyl groups excluding tert-OH is 1. The van der Waals surface area contributed by atoms with E-state index >= 15 is 0 Å². The number of aromatic carboxylic acids is 1. The third kappa shape index (κ3) is 5.01. The topological polar surface area (TPSA) is 135 Å². The minimum atomic E-state index is -1.07. The molecule has 1 saturated heterocycles. The lowest BCUT2D eigenvalue weighted by atomic mass is 10.1. The summed E-state index contributed by atoms with van der Waals surface area (Å²) in [7, 11) is 0. The summed E-state index contributed by atoms with van der Waals surface area (Å²) in [5.41, 5.74) is 1.93. The highest BCUT2D eigenvalue weighted by Gasteiger charge is 2.21. The van der Waals surface area contributed by atoms with Crippen LogP contribution in [0.1, 0.15) is 28.2 Å². The highest BCUT2D eigenvalue weighted by Crippen LogP contribution is 2.29. The second-order valence-corrected chi connectivity index (χ2v) is 9.87. The minimum absolute atomic E-state index is 0.164. The largest absolute Gasteiger partial charge is 0.612 e. The van der Waals surface area contributed by atoms with E-state index in [0.29, 0.717) is 54.2 Å². The number of nitrogens with one attached hydrogen (secondary N) is 1. The molecule has 1 atom stereocenters. The quantitative estimate of drug-likeness (QED) is 0.462. The van der Waals surface area contributed by atoms with Crippen molar-refractivity contribution in [3.8, 4) is 11.3 Å². The normalized spacial score (nSPS) is 15.6. The predicted octanol–water partition coefficient (Wildman–Crippen LogP) is 3.05. The van der Waals surface area contributed by atoms with E-state index in [1.165, 1.54) is 0 Å². The van der Waals surface area contributed by atoms with E-state index in [0.717, 1.165) is 21.8 Å². The molecule has 1 unspecified atom stereocenters. The van der Waals surface area contributed by atoms with Gasteiger partial charge < -0.3 is 19.7 Å². The van der Waals surface area contributed by atoms with E-state index in [1.807, 2.05) is 18.2 Å². The molecule has 168 valence electrons. The SMILES string of the molecule is Cc1nc(Nc2nc(-c3ccc([S+](C)[O-])cc3)cc(N3CCC(O)CC3)n2)sc1C(=O)O. The van der Waals surface area contributed by atoms with Crippen LogP contribution in [0.2, 0.25) is 0 Å². The number of rotatable bonds is 6. The maximum absolute atomic E-state index is 11.7. The summed E-state index contributed by atoms with van der Waals surface area (Å²) in [6, 6.07) is 9.23. The molecule has 0 spiro atoms. The Morgan fingerprint density at radius 2 is 1.91 bits per heavy atom. The van der Waals surface area contributed by atoms with Crippen LogP contribution >= 0.6 is 11.3 Å². The first-order chi connectivity index (χ1) is 15.3. The smallest absolute Gasteiger partial charge is 0.347 e. The molecule has 4 rings (SSSR count). The van der Waals surface area contributed by atoms with Crippen LogP contribution < -0.4 is 10.2 Å². The molecule has 2 aromatic heterocycles. The second kappa shape index (κ2) is 9.41. The summed E-state index contributed by atoms with van der Waals surface area (Å²) in [6.45, 7) is 2.99. The molecule has 3 N–H and O–H groups in total. The number of anilines is 3. The average molecular weight is 474 g/mol. The third-order valence-electron chi connectivity index (χ3n) is 5.19. The fourth-order valence-electron chi connectivity index (χ4n) is 3.46. The van der Waals surface area contributed by atoms with E-state index in [-0.39, 0.29) is 11.0 Å². The molecule has 1 aromatic carbocycles. The van der Waals surface area contributed by atoms with E-state index in [9.17, 15) is 19.6 Å². The molecule has 1 aliphatic heterocycles. The average Bonchev–Trinajstić information content (AvgIpc) is 3.14. The number of thiazole rings is 1. The number of benzene rings is 1. The monoisotopic (exact) mass is 473 g/mol. The summed E-state index contributed by atoms with van der Waals surface area (Å²) in [4.78, 5) is 27.9. The highest BCUT2D eigenvalue weighted by atomic mass is 32.2. The first-order valence-corrected chi connectivity index (χ1v) is 12.4. The minimum Gasteiger partial charge on any atom is -0.612 e. The molecule has 0 radical (unpaired) electrons. The Kier molecular flexibility index (Phi) is 6.60. The third-order valence-corrected chi connectivity index (χ3v) is 7.19. The Hall–Kier alpha value is -2.73. The molecule has 1 fully saturated rings. The van der Waals surface area contributed by atoms with Crippen LogP contribution in [-0.4, -0.2) is 61.1 Å². The van der Waals surface area contributed by atoms with Gasteiger partial charge in [-0.1, -0.05) is 11.3 Å². The molecule has 1 aliphatic rings. The summed E-state index contributed by atoms with van der Waals surface area (Å²) in [5.74, 6) is -0.0135. The van der Waals surface area contributed by atoms with E-state index < -0.39 is 17.1 Å². The molecule has 0 bridgehead atoms. The summed E-state index contributed by atoms with van der Waals surface area (Å²) in [5, 5.41) is 22.6. The van der Waals surface area contributed by atoms with Gasteiger partial charge in [0.2, 0.25) is 5.95 Å². The molecule has 11 heteroatoms. The van der Waals surface area contributed by atoms with E-state index in [1.54, 1.807) is 25.3 Å². The van der Waals surface area contributed by atoms with Gasteiger partial charge in [-0.3, -0.25) is 5.32 Å². The first-order valence-electron chi connectivity index (χ1n) is 10.0. The lowest BCUT2D eigenvalue weighted by molar-refractivity contribution is 0.0701. The molecule has 0 aliphatic carbocycles. The number of carboxylic acids is 1. The lowest BCUT2D eigenvalue weighted by Gasteiger charge is -2.30. The van der Waals surface area contributed by atoms with Gasteiger partial charge in [-0.25, -0.2) is 14.8 Å². The first kappa shape index (κ1) is 22.5. The van der Waals surface area contributed by atoms with Gasteiger partial charge in [0, 0.05) is 24.7 Å². The zero-order valence-corrected chi connectivity index (χ0v) is 19.2. The maximum atomic E-state index is 11.7. The van der Waals surface area contributed by atoms with Crippen molar-refractivity contribution in [1.82, 2.24) is 15.0 Å². The van der Waals surface area contributed by atoms with E-state index in [4.69, 9.17) is 0 Å². The number of nitrogens with zero attached hydrogens (tertiary/aromatic N) is 4. The fraction of sp³-hybridized carbons (Fsp3) is 0.333. The predicted molar refractivity (Wildman–Crippen MR) is 124 cm³/mol. The zero-order valence-electron chi connectivity index (χ0n) is 17.6. The van der Waals surface area contributed by atoms with Gasteiger partial charge in [0.15, 0.2) is 10.0 Å². The Bertz CT molecular complexity index is 1110. The number of hydrogen-bond acceptors (Lipinski definition) is 9. The molecule has 0 amide bonds. The number of carbonyl (C=O) groups is 1. The van der Waals surface area contributed by atoms with Crippen LogP contribution in [0.5, 0.6) is 0 Å². The second-order valence-electron chi connectivity index (χ2n) is 7.50. The van der Waals surface area contributed by atoms with Gasteiger partial charge >= 0.3 is 5.97 Å². The highest BCUT2D eigenvalue weighted by molar-refractivity contribution is 7.90. The molecule has 3 aromatic rings. The van der Waals surface area contributed by atoms with Crippen molar-refractivity contribution in [3.63, 3.8) is 0 Å². The number of carboxylic acid groups (broad SMARTS) is 1. The van der Waals surface area contributed by atoms with E-state index in [2.05, 4.69) is 25.2 Å². The van der Waals surface area contributed by atoms with Crippen molar-refractivity contribution >= 4 is 45.4 Å². The summed E-state index contributed by atoms with van der Waals surface area (Å²) < 4.78 is 11.7. The fourth-order valence-corrected chi connectivity index (χ4v) is 4.77. The van der Waals surface area contributed by atoms with Gasteiger partial charge in [0.1, 0.15) is 17.0 Å². The van der Waals surface area contributed by atoms with Crippen molar-refractivity contribution in [3.05, 3.63) is 40.9 Å². The van der Waals surface area contributed by atoms with Crippen LogP contribution in [0.3, 0.4) is 0 Å². The van der Waals surface area contributed by atoms with Crippen molar-refractivity contribution in [2.24, 2.45) is 0 Å². The Morgan fingerprint density at radius 3 is 2.50 bits per heavy atom. The number of piperidine rings is 1. The van der Waals surface area contributed by atoms with Gasteiger partial charge in [-0.15, -0.1) is 0 Å². The van der Waals surface area contributed by atoms with Crippen molar-refractivity contribution in [2.45, 2.75) is 30.8 Å². The lowest BCUT2D eigenvalue weighted by Crippen LogP contribution is -2.36.